The quantitative estimate of drug-likeness (QED) is 0.217. The van der Waals surface area contributed by atoms with E-state index in [4.69, 9.17) is 0 Å². The number of carbonyl (C=O) groups excluding carboxylic acids is 4. The standard InChI is InChI=1S/C15H17O6.C5H5.Fe/c1-3-20-14(18)8-12(16)10-6-5-7-11(10)13(17)9-15(19)21-4-2;1-2-4-5-3-1;/h5-7H,3-4,8-9H2,1-2H3;1-5H;/q-1;-5;. The van der Waals surface area contributed by atoms with Crippen LogP contribution in [-0.2, 0) is 36.1 Å². The molecule has 7 heteroatoms. The molecule has 0 fully saturated rings. The molecule has 0 aromatic heterocycles. The second-order valence-corrected chi connectivity index (χ2v) is 5.13. The van der Waals surface area contributed by atoms with Crippen molar-refractivity contribution >= 4 is 23.5 Å². The van der Waals surface area contributed by atoms with E-state index >= 15 is 0 Å². The van der Waals surface area contributed by atoms with E-state index in [0.29, 0.717) is 0 Å². The van der Waals surface area contributed by atoms with Gasteiger partial charge in [0.05, 0.1) is 31.8 Å². The summed E-state index contributed by atoms with van der Waals surface area (Å²) >= 11 is 0. The van der Waals surface area contributed by atoms with Gasteiger partial charge in [0, 0.05) is 17.1 Å². The zero-order valence-electron chi connectivity index (χ0n) is 15.3. The maximum Gasteiger partial charge on any atom is 0.312 e. The molecule has 0 aliphatic rings. The van der Waals surface area contributed by atoms with E-state index in [9.17, 15) is 19.2 Å². The third-order valence-corrected chi connectivity index (χ3v) is 3.19. The Hall–Kier alpha value is -2.50. The average molecular weight is 414 g/mol. The number of esters is 2. The van der Waals surface area contributed by atoms with Crippen LogP contribution in [-0.4, -0.2) is 36.7 Å². The minimum Gasteiger partial charge on any atom is -0.748 e. The normalized spacial score (nSPS) is 9.26. The van der Waals surface area contributed by atoms with Gasteiger partial charge in [0.2, 0.25) is 0 Å². The van der Waals surface area contributed by atoms with E-state index in [0.717, 1.165) is 0 Å². The molecule has 0 spiro atoms. The van der Waals surface area contributed by atoms with Crippen LogP contribution in [0.4, 0.5) is 0 Å². The minimum absolute atomic E-state index is 0. The van der Waals surface area contributed by atoms with Crippen molar-refractivity contribution < 1.29 is 45.7 Å². The smallest absolute Gasteiger partial charge is 0.312 e. The third-order valence-electron chi connectivity index (χ3n) is 3.19. The fraction of sp³-hybridized carbons (Fsp3) is 0.300. The van der Waals surface area contributed by atoms with Crippen LogP contribution in [0.2, 0.25) is 0 Å². The number of ketones is 2. The Labute approximate surface area is 169 Å². The Morgan fingerprint density at radius 3 is 1.85 bits per heavy atom. The molecule has 0 amide bonds. The summed E-state index contributed by atoms with van der Waals surface area (Å²) in [6.45, 7) is 3.64. The van der Waals surface area contributed by atoms with Gasteiger partial charge in [-0.25, -0.2) is 0 Å². The van der Waals surface area contributed by atoms with Gasteiger partial charge >= 0.3 is 11.9 Å². The SMILES string of the molecule is CCOC(=O)CC(=O)c1ccc[c-]1C(=O)CC(=O)OCC.[Fe].[cH-]1[cH-][cH-][cH-][cH-]1. The Morgan fingerprint density at radius 1 is 0.889 bits per heavy atom. The maximum atomic E-state index is 12.0. The molecule has 0 atom stereocenters. The van der Waals surface area contributed by atoms with Crippen molar-refractivity contribution in [2.75, 3.05) is 13.2 Å². The number of ether oxygens (including phenoxy) is 2. The zero-order chi connectivity index (χ0) is 19.4. The van der Waals surface area contributed by atoms with Gasteiger partial charge in [0.1, 0.15) is 5.78 Å². The molecular weight excluding hydrogens is 392 g/mol. The van der Waals surface area contributed by atoms with E-state index in [2.05, 4.69) is 9.47 Å². The number of hydrogen-bond donors (Lipinski definition) is 0. The molecule has 27 heavy (non-hydrogen) atoms. The van der Waals surface area contributed by atoms with E-state index in [1.807, 2.05) is 30.3 Å². The molecule has 2 aromatic rings. The Balaban J connectivity index is 0.000000969. The maximum absolute atomic E-state index is 12.0. The summed E-state index contributed by atoms with van der Waals surface area (Å²) in [7, 11) is 0. The number of hydrogen-bond acceptors (Lipinski definition) is 6. The van der Waals surface area contributed by atoms with E-state index in [-0.39, 0.29) is 41.4 Å². The van der Waals surface area contributed by atoms with Crippen molar-refractivity contribution in [2.24, 2.45) is 0 Å². The van der Waals surface area contributed by atoms with Gasteiger partial charge in [-0.05, 0) is 13.8 Å². The van der Waals surface area contributed by atoms with Crippen LogP contribution >= 0.6 is 0 Å². The van der Waals surface area contributed by atoms with Crippen molar-refractivity contribution in [1.82, 2.24) is 0 Å². The van der Waals surface area contributed by atoms with Crippen LogP contribution in [0.25, 0.3) is 0 Å². The molecule has 0 aliphatic heterocycles. The number of carbonyl (C=O) groups is 4. The first-order valence-electron chi connectivity index (χ1n) is 8.29. The van der Waals surface area contributed by atoms with Gasteiger partial charge in [0.15, 0.2) is 0 Å². The summed E-state index contributed by atoms with van der Waals surface area (Å²) in [6, 6.07) is 14.4. The molecule has 152 valence electrons. The summed E-state index contributed by atoms with van der Waals surface area (Å²) in [6.07, 6.45) is -0.866. The van der Waals surface area contributed by atoms with Gasteiger partial charge in [-0.15, -0.1) is 11.6 Å². The molecule has 6 nitrogen and oxygen atoms in total. The van der Waals surface area contributed by atoms with Crippen LogP contribution in [0.5, 0.6) is 0 Å². The molecule has 0 unspecified atom stereocenters. The van der Waals surface area contributed by atoms with Gasteiger partial charge in [0.25, 0.3) is 0 Å². The van der Waals surface area contributed by atoms with Crippen LogP contribution in [0.3, 0.4) is 0 Å². The molecule has 0 radical (unpaired) electrons. The second-order valence-electron chi connectivity index (χ2n) is 5.13. The molecule has 0 saturated carbocycles. The molecule has 2 rings (SSSR count). The van der Waals surface area contributed by atoms with Crippen molar-refractivity contribution in [3.63, 3.8) is 0 Å². The Morgan fingerprint density at radius 2 is 1.37 bits per heavy atom. The first-order chi connectivity index (χ1) is 12.5. The van der Waals surface area contributed by atoms with Crippen LogP contribution in [0.1, 0.15) is 47.4 Å². The first-order valence-corrected chi connectivity index (χ1v) is 8.29. The van der Waals surface area contributed by atoms with Crippen LogP contribution < -0.4 is 0 Å². The second kappa shape index (κ2) is 13.7. The van der Waals surface area contributed by atoms with E-state index in [1.165, 1.54) is 18.2 Å². The van der Waals surface area contributed by atoms with Crippen molar-refractivity contribution in [2.45, 2.75) is 26.7 Å². The molecular formula is C20H22FeO6-6. The minimum atomic E-state index is -0.646. The molecule has 0 bridgehead atoms. The first kappa shape index (κ1) is 24.5. The van der Waals surface area contributed by atoms with Gasteiger partial charge in [-0.2, -0.15) is 12.1 Å². The fourth-order valence-electron chi connectivity index (χ4n) is 2.10. The van der Waals surface area contributed by atoms with Crippen molar-refractivity contribution in [1.29, 1.82) is 0 Å². The van der Waals surface area contributed by atoms with Crippen LogP contribution in [0, 0.1) is 0 Å². The van der Waals surface area contributed by atoms with Crippen molar-refractivity contribution in [3.8, 4) is 0 Å². The topological polar surface area (TPSA) is 86.7 Å². The van der Waals surface area contributed by atoms with Gasteiger partial charge < -0.3 is 49.4 Å². The average Bonchev–Trinajstić information content (AvgIpc) is 3.29. The molecule has 0 aliphatic carbocycles. The fourth-order valence-corrected chi connectivity index (χ4v) is 2.10. The summed E-state index contributed by atoms with van der Waals surface area (Å²) in [5, 5.41) is 0. The zero-order valence-corrected chi connectivity index (χ0v) is 16.4. The summed E-state index contributed by atoms with van der Waals surface area (Å²) in [5.74, 6) is -2.31. The number of Topliss-reactive ketones (excluding diaryl/α,β-unsaturated/α-hetero) is 2. The summed E-state index contributed by atoms with van der Waals surface area (Å²) < 4.78 is 9.38. The summed E-state index contributed by atoms with van der Waals surface area (Å²) in [4.78, 5) is 46.5. The predicted molar refractivity (Wildman–Crippen MR) is 95.2 cm³/mol. The monoisotopic (exact) mass is 414 g/mol. The largest absolute Gasteiger partial charge is 0.748 e. The predicted octanol–water partition coefficient (Wildman–Crippen LogP) is 3.08. The third kappa shape index (κ3) is 9.13. The van der Waals surface area contributed by atoms with Crippen molar-refractivity contribution in [3.05, 3.63) is 59.7 Å². The molecule has 0 heterocycles. The van der Waals surface area contributed by atoms with E-state index < -0.39 is 36.3 Å². The van der Waals surface area contributed by atoms with Gasteiger partial charge in [-0.1, -0.05) is 5.56 Å². The Kier molecular flexibility index (Phi) is 12.4. The van der Waals surface area contributed by atoms with E-state index in [1.54, 1.807) is 13.8 Å². The Bertz CT molecular complexity index is 651. The summed E-state index contributed by atoms with van der Waals surface area (Å²) in [5.41, 5.74) is 0.245. The molecule has 0 saturated heterocycles. The number of rotatable bonds is 8. The van der Waals surface area contributed by atoms with Crippen LogP contribution in [0.15, 0.2) is 48.5 Å². The molecule has 2 aromatic carbocycles. The molecule has 0 N–H and O–H groups in total. The van der Waals surface area contributed by atoms with Gasteiger partial charge in [-0.3, -0.25) is 9.59 Å².